The van der Waals surface area contributed by atoms with Crippen LogP contribution in [0.4, 0.5) is 11.6 Å². The number of aliphatic imine (C=N–C) groups is 1. The van der Waals surface area contributed by atoms with Crippen molar-refractivity contribution in [1.29, 1.82) is 0 Å². The second-order valence-corrected chi connectivity index (χ2v) is 6.65. The molecule has 0 unspecified atom stereocenters. The number of benzene rings is 1. The maximum Gasteiger partial charge on any atom is 0.237 e. The van der Waals surface area contributed by atoms with Gasteiger partial charge < -0.3 is 4.52 Å². The van der Waals surface area contributed by atoms with Crippen molar-refractivity contribution in [2.45, 2.75) is 12.7 Å². The zero-order chi connectivity index (χ0) is 14.7. The standard InChI is InChI=1S/C14H13N3O2S2/c1-9-6-13(19-17-9)16-12(18)8-21-14-15-11-5-3-2-4-10(11)7-20-14/h2-6H,7-8H2,1H3,(H,16,18). The summed E-state index contributed by atoms with van der Waals surface area (Å²) in [4.78, 5) is 16.4. The highest BCUT2D eigenvalue weighted by atomic mass is 32.2. The topological polar surface area (TPSA) is 67.5 Å². The minimum absolute atomic E-state index is 0.127. The minimum Gasteiger partial charge on any atom is -0.338 e. The Morgan fingerprint density at radius 3 is 3.14 bits per heavy atom. The smallest absolute Gasteiger partial charge is 0.237 e. The highest BCUT2D eigenvalue weighted by Gasteiger charge is 2.14. The molecule has 108 valence electrons. The molecule has 5 nitrogen and oxygen atoms in total. The molecule has 3 rings (SSSR count). The lowest BCUT2D eigenvalue weighted by molar-refractivity contribution is -0.113. The molecular weight excluding hydrogens is 306 g/mol. The van der Waals surface area contributed by atoms with Crippen LogP contribution in [0.5, 0.6) is 0 Å². The van der Waals surface area contributed by atoms with Crippen molar-refractivity contribution < 1.29 is 9.32 Å². The maximum atomic E-state index is 11.8. The molecule has 1 aliphatic heterocycles. The van der Waals surface area contributed by atoms with Crippen LogP contribution in [0.15, 0.2) is 39.8 Å². The molecule has 0 aliphatic carbocycles. The third-order valence-corrected chi connectivity index (χ3v) is 5.02. The molecule has 1 N–H and O–H groups in total. The molecule has 0 saturated heterocycles. The summed E-state index contributed by atoms with van der Waals surface area (Å²) in [6.07, 6.45) is 0. The first kappa shape index (κ1) is 14.2. The second kappa shape index (κ2) is 6.36. The van der Waals surface area contributed by atoms with E-state index >= 15 is 0 Å². The fourth-order valence-electron chi connectivity index (χ4n) is 1.81. The van der Waals surface area contributed by atoms with Gasteiger partial charge in [0.2, 0.25) is 11.8 Å². The molecule has 0 spiro atoms. The van der Waals surface area contributed by atoms with E-state index in [-0.39, 0.29) is 5.91 Å². The molecule has 0 atom stereocenters. The molecule has 0 radical (unpaired) electrons. The van der Waals surface area contributed by atoms with Crippen LogP contribution in [0.25, 0.3) is 0 Å². The molecule has 0 bridgehead atoms. The first-order chi connectivity index (χ1) is 10.2. The van der Waals surface area contributed by atoms with Gasteiger partial charge in [0.15, 0.2) is 0 Å². The number of hydrogen-bond donors (Lipinski definition) is 1. The van der Waals surface area contributed by atoms with Gasteiger partial charge in [0, 0.05) is 11.8 Å². The fourth-order valence-corrected chi connectivity index (χ4v) is 3.67. The Morgan fingerprint density at radius 1 is 1.48 bits per heavy atom. The number of anilines is 1. The minimum atomic E-state index is -0.127. The van der Waals surface area contributed by atoms with Gasteiger partial charge in [-0.3, -0.25) is 10.1 Å². The molecule has 0 fully saturated rings. The van der Waals surface area contributed by atoms with E-state index in [1.807, 2.05) is 18.2 Å². The Balaban J connectivity index is 1.56. The predicted octanol–water partition coefficient (Wildman–Crippen LogP) is 3.59. The lowest BCUT2D eigenvalue weighted by Crippen LogP contribution is -2.14. The van der Waals surface area contributed by atoms with Crippen molar-refractivity contribution in [2.75, 3.05) is 11.1 Å². The monoisotopic (exact) mass is 319 g/mol. The van der Waals surface area contributed by atoms with Gasteiger partial charge in [0.25, 0.3) is 0 Å². The van der Waals surface area contributed by atoms with E-state index in [2.05, 4.69) is 21.5 Å². The predicted molar refractivity (Wildman–Crippen MR) is 87.2 cm³/mol. The SMILES string of the molecule is Cc1cc(NC(=O)CSC2=Nc3ccccc3CS2)on1. The highest BCUT2D eigenvalue weighted by Crippen LogP contribution is 2.34. The number of hydrogen-bond acceptors (Lipinski definition) is 6. The van der Waals surface area contributed by atoms with Crippen LogP contribution in [0.2, 0.25) is 0 Å². The number of aromatic nitrogens is 1. The average Bonchev–Trinajstić information content (AvgIpc) is 2.90. The molecule has 0 saturated carbocycles. The zero-order valence-corrected chi connectivity index (χ0v) is 13.0. The molecule has 21 heavy (non-hydrogen) atoms. The number of thioether (sulfide) groups is 2. The number of aryl methyl sites for hydroxylation is 1. The van der Waals surface area contributed by atoms with Gasteiger partial charge in [0.05, 0.1) is 17.1 Å². The lowest BCUT2D eigenvalue weighted by Gasteiger charge is -2.13. The van der Waals surface area contributed by atoms with Crippen LogP contribution in [0, 0.1) is 6.92 Å². The van der Waals surface area contributed by atoms with Gasteiger partial charge in [-0.05, 0) is 18.6 Å². The van der Waals surface area contributed by atoms with Gasteiger partial charge in [-0.25, -0.2) is 4.99 Å². The van der Waals surface area contributed by atoms with Gasteiger partial charge >= 0.3 is 0 Å². The van der Waals surface area contributed by atoms with Crippen molar-refractivity contribution in [2.24, 2.45) is 4.99 Å². The van der Waals surface area contributed by atoms with Crippen LogP contribution in [-0.2, 0) is 10.5 Å². The van der Waals surface area contributed by atoms with Crippen molar-refractivity contribution >= 4 is 45.4 Å². The Bertz CT molecular complexity index is 697. The number of fused-ring (bicyclic) bond motifs is 1. The van der Waals surface area contributed by atoms with Crippen molar-refractivity contribution in [3.8, 4) is 0 Å². The van der Waals surface area contributed by atoms with Gasteiger partial charge in [0.1, 0.15) is 4.38 Å². The molecule has 1 aromatic carbocycles. The van der Waals surface area contributed by atoms with Crippen molar-refractivity contribution in [3.05, 3.63) is 41.6 Å². The van der Waals surface area contributed by atoms with E-state index < -0.39 is 0 Å². The Labute approximate surface area is 130 Å². The maximum absolute atomic E-state index is 11.8. The molecule has 1 aliphatic rings. The Kier molecular flexibility index (Phi) is 4.31. The average molecular weight is 319 g/mol. The number of para-hydroxylation sites is 1. The van der Waals surface area contributed by atoms with E-state index in [0.29, 0.717) is 11.6 Å². The molecule has 1 amide bonds. The third kappa shape index (κ3) is 3.68. The number of rotatable bonds is 3. The summed E-state index contributed by atoms with van der Waals surface area (Å²) < 4.78 is 5.86. The number of nitrogens with zero attached hydrogens (tertiary/aromatic N) is 2. The molecule has 2 aromatic rings. The van der Waals surface area contributed by atoms with E-state index in [0.717, 1.165) is 21.5 Å². The van der Waals surface area contributed by atoms with Crippen LogP contribution in [-0.4, -0.2) is 21.2 Å². The van der Waals surface area contributed by atoms with Gasteiger partial charge in [-0.15, -0.1) is 0 Å². The van der Waals surface area contributed by atoms with E-state index in [1.165, 1.54) is 17.3 Å². The van der Waals surface area contributed by atoms with Crippen LogP contribution >= 0.6 is 23.5 Å². The van der Waals surface area contributed by atoms with Crippen molar-refractivity contribution in [3.63, 3.8) is 0 Å². The summed E-state index contributed by atoms with van der Waals surface area (Å²) in [7, 11) is 0. The Hall–Kier alpha value is -1.73. The van der Waals surface area contributed by atoms with E-state index in [1.54, 1.807) is 24.8 Å². The highest BCUT2D eigenvalue weighted by molar-refractivity contribution is 8.38. The molecule has 7 heteroatoms. The number of carbonyl (C=O) groups is 1. The number of nitrogens with one attached hydrogen (secondary N) is 1. The first-order valence-corrected chi connectivity index (χ1v) is 8.33. The van der Waals surface area contributed by atoms with Crippen LogP contribution in [0.1, 0.15) is 11.3 Å². The summed E-state index contributed by atoms with van der Waals surface area (Å²) in [6.45, 7) is 1.80. The first-order valence-electron chi connectivity index (χ1n) is 6.36. The fraction of sp³-hybridized carbons (Fsp3) is 0.214. The Morgan fingerprint density at radius 2 is 2.33 bits per heavy atom. The summed E-state index contributed by atoms with van der Waals surface area (Å²) in [5, 5.41) is 6.39. The van der Waals surface area contributed by atoms with E-state index in [9.17, 15) is 4.79 Å². The summed E-state index contributed by atoms with van der Waals surface area (Å²) in [6, 6.07) is 9.74. The van der Waals surface area contributed by atoms with Gasteiger partial charge in [-0.2, -0.15) is 0 Å². The largest absolute Gasteiger partial charge is 0.338 e. The number of amides is 1. The normalized spacial score (nSPS) is 13.5. The van der Waals surface area contributed by atoms with Gasteiger partial charge in [-0.1, -0.05) is 46.9 Å². The quantitative estimate of drug-likeness (QED) is 0.936. The zero-order valence-electron chi connectivity index (χ0n) is 11.3. The molecule has 2 heterocycles. The second-order valence-electron chi connectivity index (χ2n) is 4.46. The van der Waals surface area contributed by atoms with E-state index in [4.69, 9.17) is 4.52 Å². The van der Waals surface area contributed by atoms with Crippen molar-refractivity contribution in [1.82, 2.24) is 5.16 Å². The summed E-state index contributed by atoms with van der Waals surface area (Å²) in [5.41, 5.74) is 2.96. The summed E-state index contributed by atoms with van der Waals surface area (Å²) in [5.74, 6) is 1.44. The van der Waals surface area contributed by atoms with Crippen LogP contribution < -0.4 is 5.32 Å². The van der Waals surface area contributed by atoms with Crippen LogP contribution in [0.3, 0.4) is 0 Å². The molecule has 1 aromatic heterocycles. The number of carbonyl (C=O) groups excluding carboxylic acids is 1. The molecular formula is C14H13N3O2S2. The summed E-state index contributed by atoms with van der Waals surface area (Å²) >= 11 is 3.09. The lowest BCUT2D eigenvalue weighted by atomic mass is 10.2. The third-order valence-electron chi connectivity index (χ3n) is 2.77.